The minimum Gasteiger partial charge on any atom is -0.399 e. The molecule has 1 aromatic carbocycles. The smallest absolute Gasteiger partial charge is 0.238 e. The van der Waals surface area contributed by atoms with Gasteiger partial charge in [-0.1, -0.05) is 6.07 Å². The highest BCUT2D eigenvalue weighted by Crippen LogP contribution is 2.12. The molecular formula is C14H22N4O. The van der Waals surface area contributed by atoms with Crippen molar-refractivity contribution in [2.24, 2.45) is 0 Å². The fourth-order valence-corrected chi connectivity index (χ4v) is 2.29. The molecule has 1 aliphatic rings. The number of nitrogens with zero attached hydrogens (tertiary/aromatic N) is 2. The summed E-state index contributed by atoms with van der Waals surface area (Å²) in [6, 6.07) is 7.75. The largest absolute Gasteiger partial charge is 0.399 e. The Hall–Kier alpha value is -1.59. The normalized spacial score (nSPS) is 21.3. The SMILES string of the molecule is CC1CN(CC(=O)Nc2cccc(N)c2)CCN1C. The van der Waals surface area contributed by atoms with Gasteiger partial charge in [-0.05, 0) is 32.2 Å². The summed E-state index contributed by atoms with van der Waals surface area (Å²) in [5.74, 6) is 0.0161. The lowest BCUT2D eigenvalue weighted by Gasteiger charge is -2.37. The van der Waals surface area contributed by atoms with E-state index in [0.29, 0.717) is 18.3 Å². The molecule has 1 aliphatic heterocycles. The van der Waals surface area contributed by atoms with Crippen LogP contribution < -0.4 is 11.1 Å². The van der Waals surface area contributed by atoms with Crippen molar-refractivity contribution in [3.05, 3.63) is 24.3 Å². The highest BCUT2D eigenvalue weighted by Gasteiger charge is 2.22. The fourth-order valence-electron chi connectivity index (χ4n) is 2.29. The van der Waals surface area contributed by atoms with Crippen molar-refractivity contribution in [1.29, 1.82) is 0 Å². The Labute approximate surface area is 114 Å². The molecule has 0 aromatic heterocycles. The molecule has 1 heterocycles. The zero-order valence-corrected chi connectivity index (χ0v) is 11.6. The predicted octanol–water partition coefficient (Wildman–Crippen LogP) is 0.843. The first kappa shape index (κ1) is 13.8. The van der Waals surface area contributed by atoms with Crippen LogP contribution in [0.25, 0.3) is 0 Å². The minimum atomic E-state index is 0.0161. The number of nitrogen functional groups attached to an aromatic ring is 1. The van der Waals surface area contributed by atoms with Crippen LogP contribution in [-0.4, -0.2) is 55.0 Å². The number of carbonyl (C=O) groups is 1. The second kappa shape index (κ2) is 6.04. The summed E-state index contributed by atoms with van der Waals surface area (Å²) < 4.78 is 0. The first-order valence-corrected chi connectivity index (χ1v) is 6.62. The lowest BCUT2D eigenvalue weighted by atomic mass is 10.2. The molecule has 0 spiro atoms. The van der Waals surface area contributed by atoms with Gasteiger partial charge < -0.3 is 16.0 Å². The Balaban J connectivity index is 1.85. The highest BCUT2D eigenvalue weighted by molar-refractivity contribution is 5.92. The molecule has 1 unspecified atom stereocenters. The maximum atomic E-state index is 12.0. The van der Waals surface area contributed by atoms with Crippen LogP contribution in [0.5, 0.6) is 0 Å². The Bertz CT molecular complexity index is 449. The van der Waals surface area contributed by atoms with E-state index >= 15 is 0 Å². The molecule has 2 rings (SSSR count). The lowest BCUT2D eigenvalue weighted by Crippen LogP contribution is -2.51. The molecule has 5 heteroatoms. The topological polar surface area (TPSA) is 61.6 Å². The van der Waals surface area contributed by atoms with Gasteiger partial charge in [0.2, 0.25) is 5.91 Å². The Morgan fingerprint density at radius 3 is 2.95 bits per heavy atom. The van der Waals surface area contributed by atoms with E-state index in [1.54, 1.807) is 12.1 Å². The molecule has 0 bridgehead atoms. The number of benzene rings is 1. The van der Waals surface area contributed by atoms with E-state index in [4.69, 9.17) is 5.73 Å². The molecule has 1 saturated heterocycles. The van der Waals surface area contributed by atoms with E-state index in [2.05, 4.69) is 29.1 Å². The van der Waals surface area contributed by atoms with Crippen LogP contribution >= 0.6 is 0 Å². The second-order valence-corrected chi connectivity index (χ2v) is 5.24. The Morgan fingerprint density at radius 1 is 1.47 bits per heavy atom. The number of hydrogen-bond acceptors (Lipinski definition) is 4. The second-order valence-electron chi connectivity index (χ2n) is 5.24. The Kier molecular flexibility index (Phi) is 4.39. The standard InChI is InChI=1S/C14H22N4O/c1-11-9-18(7-6-17(11)2)10-14(19)16-13-5-3-4-12(15)8-13/h3-5,8,11H,6-7,9-10,15H2,1-2H3,(H,16,19). The van der Waals surface area contributed by atoms with Crippen molar-refractivity contribution in [1.82, 2.24) is 9.80 Å². The van der Waals surface area contributed by atoms with Gasteiger partial charge in [0.1, 0.15) is 0 Å². The van der Waals surface area contributed by atoms with Gasteiger partial charge >= 0.3 is 0 Å². The lowest BCUT2D eigenvalue weighted by molar-refractivity contribution is -0.117. The van der Waals surface area contributed by atoms with Gasteiger partial charge in [-0.3, -0.25) is 9.69 Å². The highest BCUT2D eigenvalue weighted by atomic mass is 16.2. The van der Waals surface area contributed by atoms with Crippen LogP contribution in [0.15, 0.2) is 24.3 Å². The molecule has 0 saturated carbocycles. The van der Waals surface area contributed by atoms with Gasteiger partial charge in [0.05, 0.1) is 6.54 Å². The summed E-state index contributed by atoms with van der Waals surface area (Å²) in [5, 5.41) is 2.88. The molecule has 1 amide bonds. The number of anilines is 2. The molecular weight excluding hydrogens is 240 g/mol. The van der Waals surface area contributed by atoms with Crippen LogP contribution in [0.3, 0.4) is 0 Å². The molecule has 3 N–H and O–H groups in total. The number of amides is 1. The first-order valence-electron chi connectivity index (χ1n) is 6.62. The number of likely N-dealkylation sites (N-methyl/N-ethyl adjacent to an activating group) is 1. The van der Waals surface area contributed by atoms with Crippen molar-refractivity contribution >= 4 is 17.3 Å². The van der Waals surface area contributed by atoms with E-state index in [9.17, 15) is 4.79 Å². The number of nitrogens with two attached hydrogens (primary N) is 1. The molecule has 1 aromatic rings. The average Bonchev–Trinajstić information content (AvgIpc) is 2.34. The molecule has 0 radical (unpaired) electrons. The van der Waals surface area contributed by atoms with E-state index in [-0.39, 0.29) is 5.91 Å². The van der Waals surface area contributed by atoms with Crippen molar-refractivity contribution in [3.8, 4) is 0 Å². The maximum absolute atomic E-state index is 12.0. The molecule has 104 valence electrons. The quantitative estimate of drug-likeness (QED) is 0.793. The maximum Gasteiger partial charge on any atom is 0.238 e. The third kappa shape index (κ3) is 3.94. The zero-order chi connectivity index (χ0) is 13.8. The summed E-state index contributed by atoms with van der Waals surface area (Å²) in [6.45, 7) is 5.49. The van der Waals surface area contributed by atoms with E-state index in [1.165, 1.54) is 0 Å². The van der Waals surface area contributed by atoms with Crippen LogP contribution in [0, 0.1) is 0 Å². The van der Waals surface area contributed by atoms with Crippen LogP contribution in [-0.2, 0) is 4.79 Å². The molecule has 19 heavy (non-hydrogen) atoms. The van der Waals surface area contributed by atoms with Crippen molar-refractivity contribution < 1.29 is 4.79 Å². The van der Waals surface area contributed by atoms with Gasteiger partial charge in [0.15, 0.2) is 0 Å². The monoisotopic (exact) mass is 262 g/mol. The third-order valence-corrected chi connectivity index (χ3v) is 3.58. The predicted molar refractivity (Wildman–Crippen MR) is 78.0 cm³/mol. The van der Waals surface area contributed by atoms with Crippen LogP contribution in [0.1, 0.15) is 6.92 Å². The van der Waals surface area contributed by atoms with Gasteiger partial charge in [0, 0.05) is 37.1 Å². The van der Waals surface area contributed by atoms with Crippen LogP contribution in [0.4, 0.5) is 11.4 Å². The van der Waals surface area contributed by atoms with Gasteiger partial charge in [-0.15, -0.1) is 0 Å². The summed E-state index contributed by atoms with van der Waals surface area (Å²) in [5.41, 5.74) is 7.10. The third-order valence-electron chi connectivity index (χ3n) is 3.58. The zero-order valence-electron chi connectivity index (χ0n) is 11.6. The number of piperazine rings is 1. The molecule has 5 nitrogen and oxygen atoms in total. The van der Waals surface area contributed by atoms with E-state index < -0.39 is 0 Å². The van der Waals surface area contributed by atoms with E-state index in [0.717, 1.165) is 25.3 Å². The summed E-state index contributed by atoms with van der Waals surface area (Å²) in [7, 11) is 2.12. The summed E-state index contributed by atoms with van der Waals surface area (Å²) >= 11 is 0. The number of hydrogen-bond donors (Lipinski definition) is 2. The van der Waals surface area contributed by atoms with E-state index in [1.807, 2.05) is 12.1 Å². The van der Waals surface area contributed by atoms with Crippen molar-refractivity contribution in [2.75, 3.05) is 44.3 Å². The number of rotatable bonds is 3. The number of nitrogens with one attached hydrogen (secondary N) is 1. The van der Waals surface area contributed by atoms with Crippen molar-refractivity contribution in [3.63, 3.8) is 0 Å². The minimum absolute atomic E-state index is 0.0161. The van der Waals surface area contributed by atoms with Gasteiger partial charge in [-0.25, -0.2) is 0 Å². The fraction of sp³-hybridized carbons (Fsp3) is 0.500. The first-order chi connectivity index (χ1) is 9.04. The van der Waals surface area contributed by atoms with Gasteiger partial charge in [0.25, 0.3) is 0 Å². The number of carbonyl (C=O) groups excluding carboxylic acids is 1. The van der Waals surface area contributed by atoms with Crippen molar-refractivity contribution in [2.45, 2.75) is 13.0 Å². The summed E-state index contributed by atoms with van der Waals surface area (Å²) in [4.78, 5) is 16.5. The van der Waals surface area contributed by atoms with Gasteiger partial charge in [-0.2, -0.15) is 0 Å². The average molecular weight is 262 g/mol. The Morgan fingerprint density at radius 2 is 2.26 bits per heavy atom. The molecule has 0 aliphatic carbocycles. The summed E-state index contributed by atoms with van der Waals surface area (Å²) in [6.07, 6.45) is 0. The molecule has 1 fully saturated rings. The van der Waals surface area contributed by atoms with Crippen LogP contribution in [0.2, 0.25) is 0 Å². The molecule has 1 atom stereocenters.